The van der Waals surface area contributed by atoms with Crippen molar-refractivity contribution in [1.29, 1.82) is 0 Å². The Bertz CT molecular complexity index is 905. The van der Waals surface area contributed by atoms with Crippen molar-refractivity contribution in [3.63, 3.8) is 0 Å². The van der Waals surface area contributed by atoms with Crippen LogP contribution < -0.4 is 4.90 Å². The molecule has 0 spiro atoms. The van der Waals surface area contributed by atoms with Gasteiger partial charge in [-0.3, -0.25) is 0 Å². The molecular formula is C18H16F3N5. The summed E-state index contributed by atoms with van der Waals surface area (Å²) in [6.45, 7) is 1.01. The smallest absolute Gasteiger partial charge is 0.364 e. The fourth-order valence-corrected chi connectivity index (χ4v) is 3.24. The summed E-state index contributed by atoms with van der Waals surface area (Å²) in [7, 11) is 0. The number of para-hydroxylation sites is 1. The fraction of sp³-hybridized carbons (Fsp3) is 0.278. The van der Waals surface area contributed by atoms with Gasteiger partial charge in [-0.1, -0.05) is 24.3 Å². The Morgan fingerprint density at radius 2 is 1.85 bits per heavy atom. The molecule has 0 N–H and O–H groups in total. The topological polar surface area (TPSA) is 46.8 Å². The molecule has 4 rings (SSSR count). The number of aryl methyl sites for hydroxylation is 1. The maximum atomic E-state index is 13.1. The van der Waals surface area contributed by atoms with Crippen molar-refractivity contribution < 1.29 is 13.2 Å². The number of nitrogens with zero attached hydrogens (tertiary/aromatic N) is 5. The van der Waals surface area contributed by atoms with E-state index in [-0.39, 0.29) is 0 Å². The van der Waals surface area contributed by atoms with Gasteiger partial charge in [0.1, 0.15) is 0 Å². The molecule has 2 heterocycles. The number of tetrazole rings is 1. The second-order valence-corrected chi connectivity index (χ2v) is 6.21. The summed E-state index contributed by atoms with van der Waals surface area (Å²) < 4.78 is 40.9. The van der Waals surface area contributed by atoms with Gasteiger partial charge in [0, 0.05) is 12.2 Å². The zero-order valence-corrected chi connectivity index (χ0v) is 13.8. The van der Waals surface area contributed by atoms with Gasteiger partial charge in [-0.05, 0) is 53.1 Å². The zero-order valence-electron chi connectivity index (χ0n) is 13.8. The Balaban J connectivity index is 1.67. The highest BCUT2D eigenvalue weighted by Crippen LogP contribution is 2.36. The van der Waals surface area contributed by atoms with Crippen LogP contribution in [0.1, 0.15) is 23.4 Å². The summed E-state index contributed by atoms with van der Waals surface area (Å²) in [5, 5.41) is 11.8. The third-order valence-electron chi connectivity index (χ3n) is 4.49. The fourth-order valence-electron chi connectivity index (χ4n) is 3.24. The van der Waals surface area contributed by atoms with Gasteiger partial charge in [0.2, 0.25) is 0 Å². The van der Waals surface area contributed by atoms with Gasteiger partial charge < -0.3 is 4.90 Å². The van der Waals surface area contributed by atoms with E-state index in [4.69, 9.17) is 0 Å². The largest absolute Gasteiger partial charge is 0.416 e. The van der Waals surface area contributed by atoms with E-state index in [0.29, 0.717) is 24.6 Å². The molecule has 134 valence electrons. The predicted octanol–water partition coefficient (Wildman–Crippen LogP) is 3.63. The van der Waals surface area contributed by atoms with Gasteiger partial charge in [0.25, 0.3) is 0 Å². The number of anilines is 1. The van der Waals surface area contributed by atoms with Gasteiger partial charge in [-0.2, -0.15) is 17.9 Å². The van der Waals surface area contributed by atoms with Crippen molar-refractivity contribution in [3.8, 4) is 5.69 Å². The number of alkyl halides is 3. The SMILES string of the molecule is FC(F)(F)c1ccc2c(c1)N(Cc1nnnn1-c1ccccc1)CCC2. The second-order valence-electron chi connectivity index (χ2n) is 6.21. The first-order valence-corrected chi connectivity index (χ1v) is 8.30. The number of hydrogen-bond donors (Lipinski definition) is 0. The summed E-state index contributed by atoms with van der Waals surface area (Å²) in [4.78, 5) is 1.92. The lowest BCUT2D eigenvalue weighted by Crippen LogP contribution is -2.30. The molecule has 0 bridgehead atoms. The van der Waals surface area contributed by atoms with Crippen LogP contribution in [0, 0.1) is 0 Å². The van der Waals surface area contributed by atoms with Crippen LogP contribution in [0.3, 0.4) is 0 Å². The van der Waals surface area contributed by atoms with Crippen LogP contribution >= 0.6 is 0 Å². The summed E-state index contributed by atoms with van der Waals surface area (Å²) in [5.41, 5.74) is 1.70. The molecule has 0 fully saturated rings. The highest BCUT2D eigenvalue weighted by molar-refractivity contribution is 5.57. The monoisotopic (exact) mass is 359 g/mol. The summed E-state index contributed by atoms with van der Waals surface area (Å²) in [6, 6.07) is 13.4. The summed E-state index contributed by atoms with van der Waals surface area (Å²) >= 11 is 0. The van der Waals surface area contributed by atoms with Crippen molar-refractivity contribution in [2.75, 3.05) is 11.4 Å². The molecule has 0 saturated heterocycles. The normalized spacial score (nSPS) is 14.3. The van der Waals surface area contributed by atoms with E-state index in [0.717, 1.165) is 30.2 Å². The Morgan fingerprint density at radius 3 is 2.62 bits per heavy atom. The van der Waals surface area contributed by atoms with E-state index >= 15 is 0 Å². The van der Waals surface area contributed by atoms with E-state index in [2.05, 4.69) is 15.5 Å². The maximum Gasteiger partial charge on any atom is 0.416 e. The molecule has 0 unspecified atom stereocenters. The van der Waals surface area contributed by atoms with Crippen molar-refractivity contribution in [2.45, 2.75) is 25.6 Å². The van der Waals surface area contributed by atoms with Gasteiger partial charge >= 0.3 is 6.18 Å². The van der Waals surface area contributed by atoms with Crippen molar-refractivity contribution in [3.05, 3.63) is 65.5 Å². The highest BCUT2D eigenvalue weighted by Gasteiger charge is 2.32. The average Bonchev–Trinajstić information content (AvgIpc) is 3.10. The van der Waals surface area contributed by atoms with Gasteiger partial charge in [0.05, 0.1) is 17.8 Å². The van der Waals surface area contributed by atoms with E-state index in [9.17, 15) is 13.2 Å². The average molecular weight is 359 g/mol. The zero-order chi connectivity index (χ0) is 18.1. The molecule has 5 nitrogen and oxygen atoms in total. The molecule has 0 atom stereocenters. The number of hydrogen-bond acceptors (Lipinski definition) is 4. The number of aromatic nitrogens is 4. The minimum atomic E-state index is -4.36. The highest BCUT2D eigenvalue weighted by atomic mass is 19.4. The molecule has 1 aliphatic heterocycles. The van der Waals surface area contributed by atoms with Crippen LogP contribution in [0.5, 0.6) is 0 Å². The van der Waals surface area contributed by atoms with E-state index in [1.54, 1.807) is 10.7 Å². The lowest BCUT2D eigenvalue weighted by atomic mass is 9.99. The summed E-state index contributed by atoms with van der Waals surface area (Å²) in [6.07, 6.45) is -2.71. The van der Waals surface area contributed by atoms with Crippen molar-refractivity contribution in [1.82, 2.24) is 20.2 Å². The molecule has 8 heteroatoms. The Labute approximate surface area is 148 Å². The first kappa shape index (κ1) is 16.6. The van der Waals surface area contributed by atoms with Gasteiger partial charge in [-0.15, -0.1) is 5.10 Å². The third-order valence-corrected chi connectivity index (χ3v) is 4.49. The standard InChI is InChI=1S/C18H16F3N5/c19-18(20,21)14-9-8-13-5-4-10-25(16(13)11-14)12-17-22-23-24-26(17)15-6-2-1-3-7-15/h1-3,6-9,11H,4-5,10,12H2. The van der Waals surface area contributed by atoms with Crippen LogP contribution in [-0.2, 0) is 19.1 Å². The van der Waals surface area contributed by atoms with Crippen molar-refractivity contribution in [2.24, 2.45) is 0 Å². The van der Waals surface area contributed by atoms with Crippen LogP contribution in [0.25, 0.3) is 5.69 Å². The second kappa shape index (κ2) is 6.44. The third kappa shape index (κ3) is 3.14. The minimum absolute atomic E-state index is 0.343. The molecule has 0 saturated carbocycles. The number of fused-ring (bicyclic) bond motifs is 1. The number of rotatable bonds is 3. The van der Waals surface area contributed by atoms with Crippen LogP contribution in [0.4, 0.5) is 18.9 Å². The van der Waals surface area contributed by atoms with Crippen LogP contribution in [0.15, 0.2) is 48.5 Å². The molecule has 2 aromatic carbocycles. The first-order valence-electron chi connectivity index (χ1n) is 8.30. The predicted molar refractivity (Wildman–Crippen MR) is 90.0 cm³/mol. The van der Waals surface area contributed by atoms with Gasteiger partial charge in [0.15, 0.2) is 5.82 Å². The maximum absolute atomic E-state index is 13.1. The van der Waals surface area contributed by atoms with Crippen LogP contribution in [0.2, 0.25) is 0 Å². The first-order chi connectivity index (χ1) is 12.5. The number of benzene rings is 2. The molecule has 3 aromatic rings. The lowest BCUT2D eigenvalue weighted by Gasteiger charge is -2.31. The molecule has 1 aromatic heterocycles. The molecule has 26 heavy (non-hydrogen) atoms. The van der Waals surface area contributed by atoms with E-state index in [1.807, 2.05) is 35.2 Å². The molecule has 0 aliphatic carbocycles. The van der Waals surface area contributed by atoms with E-state index in [1.165, 1.54) is 6.07 Å². The Morgan fingerprint density at radius 1 is 1.04 bits per heavy atom. The minimum Gasteiger partial charge on any atom is -0.364 e. The Kier molecular flexibility index (Phi) is 4.10. The lowest BCUT2D eigenvalue weighted by molar-refractivity contribution is -0.137. The summed E-state index contributed by atoms with van der Waals surface area (Å²) in [5.74, 6) is 0.585. The number of halogens is 3. The molecule has 0 radical (unpaired) electrons. The molecular weight excluding hydrogens is 343 g/mol. The molecule has 0 amide bonds. The van der Waals surface area contributed by atoms with Crippen molar-refractivity contribution >= 4 is 5.69 Å². The quantitative estimate of drug-likeness (QED) is 0.716. The Hall–Kier alpha value is -2.90. The van der Waals surface area contributed by atoms with Crippen LogP contribution in [-0.4, -0.2) is 26.8 Å². The van der Waals surface area contributed by atoms with E-state index < -0.39 is 11.7 Å². The molecule has 1 aliphatic rings. The van der Waals surface area contributed by atoms with Gasteiger partial charge in [-0.25, -0.2) is 0 Å².